The van der Waals surface area contributed by atoms with Gasteiger partial charge in [0.15, 0.2) is 0 Å². The molecule has 10 nitrogen and oxygen atoms in total. The van der Waals surface area contributed by atoms with Crippen molar-refractivity contribution in [3.05, 3.63) is 86.7 Å². The van der Waals surface area contributed by atoms with E-state index in [2.05, 4.69) is 5.32 Å². The summed E-state index contributed by atoms with van der Waals surface area (Å²) in [5.41, 5.74) is 2.93. The lowest BCUT2D eigenvalue weighted by atomic mass is 10.1. The molecule has 10 heteroatoms. The number of nitrogens with one attached hydrogen (secondary N) is 1. The van der Waals surface area contributed by atoms with Crippen LogP contribution in [-0.2, 0) is 9.59 Å². The fraction of sp³-hybridized carbons (Fsp3) is 0.160. The van der Waals surface area contributed by atoms with Gasteiger partial charge in [-0.3, -0.25) is 25.0 Å². The van der Waals surface area contributed by atoms with Crippen molar-refractivity contribution in [3.8, 4) is 11.4 Å². The van der Waals surface area contributed by atoms with Gasteiger partial charge in [0.2, 0.25) is 0 Å². The zero-order valence-corrected chi connectivity index (χ0v) is 19.5. The van der Waals surface area contributed by atoms with Crippen molar-refractivity contribution in [3.63, 3.8) is 0 Å². The first-order valence-electron chi connectivity index (χ1n) is 10.6. The summed E-state index contributed by atoms with van der Waals surface area (Å²) in [6, 6.07) is 12.1. The zero-order valence-electron chi connectivity index (χ0n) is 19.5. The standard InChI is InChI=1S/C25H22N4O6/c1-14-5-7-18(8-6-14)28-24(31)20(23(30)26-25(28)32)12-17-11-15(2)27(16(17)3)21-10-9-19(35-4)13-22(21)29(33)34/h5-13H,1-4H3,(H,26,30,32)/b20-12+. The second-order valence-electron chi connectivity index (χ2n) is 8.07. The van der Waals surface area contributed by atoms with Gasteiger partial charge in [-0.05, 0) is 62.7 Å². The Balaban J connectivity index is 1.79. The van der Waals surface area contributed by atoms with Gasteiger partial charge in [-0.15, -0.1) is 0 Å². The Hall–Kier alpha value is -4.73. The number of methoxy groups -OCH3 is 1. The molecule has 0 unspecified atom stereocenters. The molecule has 0 atom stereocenters. The van der Waals surface area contributed by atoms with Crippen LogP contribution in [0.1, 0.15) is 22.5 Å². The SMILES string of the molecule is COc1ccc(-n2c(C)cc(/C=C3\C(=O)NC(=O)N(c4ccc(C)cc4)C3=O)c2C)c([N+](=O)[O-])c1. The number of aryl methyl sites for hydroxylation is 2. The molecule has 4 amide bonds. The molecule has 0 aliphatic carbocycles. The number of carbonyl (C=O) groups excluding carboxylic acids is 3. The van der Waals surface area contributed by atoms with Gasteiger partial charge in [0.25, 0.3) is 17.5 Å². The molecule has 2 heterocycles. The van der Waals surface area contributed by atoms with Crippen LogP contribution < -0.4 is 15.0 Å². The quantitative estimate of drug-likeness (QED) is 0.258. The average molecular weight is 474 g/mol. The van der Waals surface area contributed by atoms with Crippen LogP contribution >= 0.6 is 0 Å². The Morgan fingerprint density at radius 2 is 1.69 bits per heavy atom. The molecule has 1 fully saturated rings. The smallest absolute Gasteiger partial charge is 0.335 e. The molecular formula is C25H22N4O6. The zero-order chi connectivity index (χ0) is 25.4. The van der Waals surface area contributed by atoms with E-state index in [0.717, 1.165) is 10.5 Å². The maximum absolute atomic E-state index is 13.2. The predicted octanol–water partition coefficient (Wildman–Crippen LogP) is 3.99. The Kier molecular flexibility index (Phi) is 5.96. The van der Waals surface area contributed by atoms with Gasteiger partial charge in [0.1, 0.15) is 17.0 Å². The van der Waals surface area contributed by atoms with Crippen molar-refractivity contribution >= 4 is 35.3 Å². The third-order valence-electron chi connectivity index (χ3n) is 5.78. The normalized spacial score (nSPS) is 14.9. The number of rotatable bonds is 5. The number of hydrogen-bond acceptors (Lipinski definition) is 6. The van der Waals surface area contributed by atoms with E-state index >= 15 is 0 Å². The van der Waals surface area contributed by atoms with E-state index in [4.69, 9.17) is 4.74 Å². The van der Waals surface area contributed by atoms with E-state index in [1.807, 2.05) is 6.92 Å². The van der Waals surface area contributed by atoms with Crippen molar-refractivity contribution in [1.29, 1.82) is 0 Å². The van der Waals surface area contributed by atoms with E-state index in [9.17, 15) is 24.5 Å². The highest BCUT2D eigenvalue weighted by Crippen LogP contribution is 2.32. The summed E-state index contributed by atoms with van der Waals surface area (Å²) in [6.07, 6.45) is 1.39. The first-order chi connectivity index (χ1) is 16.6. The topological polar surface area (TPSA) is 124 Å². The molecule has 1 aliphatic rings. The van der Waals surface area contributed by atoms with Gasteiger partial charge in [-0.25, -0.2) is 9.69 Å². The minimum atomic E-state index is -0.833. The summed E-state index contributed by atoms with van der Waals surface area (Å²) < 4.78 is 6.77. The highest BCUT2D eigenvalue weighted by Gasteiger charge is 2.37. The molecule has 0 saturated carbocycles. The highest BCUT2D eigenvalue weighted by molar-refractivity contribution is 6.39. The number of nitrogens with zero attached hydrogens (tertiary/aromatic N) is 3. The van der Waals surface area contributed by atoms with Crippen LogP contribution in [0, 0.1) is 30.9 Å². The van der Waals surface area contributed by atoms with Crippen molar-refractivity contribution in [2.24, 2.45) is 0 Å². The Morgan fingerprint density at radius 3 is 2.31 bits per heavy atom. The van der Waals surface area contributed by atoms with Crippen LogP contribution in [0.3, 0.4) is 0 Å². The van der Waals surface area contributed by atoms with Crippen LogP contribution in [0.4, 0.5) is 16.2 Å². The average Bonchev–Trinajstić information content (AvgIpc) is 3.09. The molecule has 3 aromatic rings. The van der Waals surface area contributed by atoms with E-state index in [1.54, 1.807) is 60.9 Å². The number of urea groups is 1. The number of aromatic nitrogens is 1. The van der Waals surface area contributed by atoms with E-state index in [0.29, 0.717) is 34.1 Å². The predicted molar refractivity (Wildman–Crippen MR) is 129 cm³/mol. The fourth-order valence-corrected chi connectivity index (χ4v) is 4.01. The van der Waals surface area contributed by atoms with Gasteiger partial charge in [0.05, 0.1) is 23.8 Å². The molecule has 0 bridgehead atoms. The summed E-state index contributed by atoms with van der Waals surface area (Å²) >= 11 is 0. The van der Waals surface area contributed by atoms with Crippen molar-refractivity contribution in [2.45, 2.75) is 20.8 Å². The summed E-state index contributed by atoms with van der Waals surface area (Å²) in [6.45, 7) is 5.36. The first-order valence-corrected chi connectivity index (χ1v) is 10.6. The van der Waals surface area contributed by atoms with Crippen molar-refractivity contribution in [2.75, 3.05) is 12.0 Å². The minimum Gasteiger partial charge on any atom is -0.496 e. The number of nitro benzene ring substituents is 1. The van der Waals surface area contributed by atoms with Crippen LogP contribution in [0.25, 0.3) is 11.8 Å². The molecule has 1 N–H and O–H groups in total. The molecule has 0 spiro atoms. The number of amides is 4. The second-order valence-corrected chi connectivity index (χ2v) is 8.07. The number of imide groups is 2. The molecule has 4 rings (SSSR count). The maximum atomic E-state index is 13.2. The lowest BCUT2D eigenvalue weighted by molar-refractivity contribution is -0.384. The number of anilines is 1. The van der Waals surface area contributed by atoms with E-state index < -0.39 is 22.8 Å². The Labute approximate surface area is 200 Å². The number of carbonyl (C=O) groups is 3. The van der Waals surface area contributed by atoms with Crippen molar-refractivity contribution < 1.29 is 24.0 Å². The minimum absolute atomic E-state index is 0.159. The van der Waals surface area contributed by atoms with Crippen LogP contribution in [0.2, 0.25) is 0 Å². The first kappa shape index (κ1) is 23.4. The molecule has 1 aliphatic heterocycles. The van der Waals surface area contributed by atoms with Crippen LogP contribution in [0.15, 0.2) is 54.1 Å². The van der Waals surface area contributed by atoms with Gasteiger partial charge in [-0.1, -0.05) is 17.7 Å². The van der Waals surface area contributed by atoms with Gasteiger partial charge < -0.3 is 9.30 Å². The lowest BCUT2D eigenvalue weighted by Crippen LogP contribution is -2.54. The summed E-state index contributed by atoms with van der Waals surface area (Å²) in [7, 11) is 1.42. The van der Waals surface area contributed by atoms with E-state index in [-0.39, 0.29) is 11.3 Å². The monoisotopic (exact) mass is 474 g/mol. The summed E-state index contributed by atoms with van der Waals surface area (Å²) in [4.78, 5) is 50.3. The molecule has 0 radical (unpaired) electrons. The number of benzene rings is 2. The van der Waals surface area contributed by atoms with Crippen molar-refractivity contribution in [1.82, 2.24) is 9.88 Å². The number of ether oxygens (including phenoxy) is 1. The molecule has 1 saturated heterocycles. The molecule has 35 heavy (non-hydrogen) atoms. The largest absolute Gasteiger partial charge is 0.496 e. The third kappa shape index (κ3) is 4.17. The van der Waals surface area contributed by atoms with Gasteiger partial charge >= 0.3 is 6.03 Å². The molecule has 2 aromatic carbocycles. The highest BCUT2D eigenvalue weighted by atomic mass is 16.6. The fourth-order valence-electron chi connectivity index (χ4n) is 4.01. The third-order valence-corrected chi connectivity index (χ3v) is 5.78. The van der Waals surface area contributed by atoms with Gasteiger partial charge in [-0.2, -0.15) is 0 Å². The lowest BCUT2D eigenvalue weighted by Gasteiger charge is -2.26. The second kappa shape index (κ2) is 8.90. The number of hydrogen-bond donors (Lipinski definition) is 1. The van der Waals surface area contributed by atoms with Crippen LogP contribution in [-0.4, -0.2) is 34.4 Å². The van der Waals surface area contributed by atoms with E-state index in [1.165, 1.54) is 19.3 Å². The van der Waals surface area contributed by atoms with Gasteiger partial charge in [0, 0.05) is 11.4 Å². The Morgan fingerprint density at radius 1 is 1.00 bits per heavy atom. The molecule has 1 aromatic heterocycles. The number of nitro groups is 1. The van der Waals surface area contributed by atoms with Crippen LogP contribution in [0.5, 0.6) is 5.75 Å². The molecular weight excluding hydrogens is 452 g/mol. The molecule has 178 valence electrons. The Bertz CT molecular complexity index is 1420. The summed E-state index contributed by atoms with van der Waals surface area (Å²) in [5.74, 6) is -1.23. The maximum Gasteiger partial charge on any atom is 0.335 e. The number of barbiturate groups is 1. The summed E-state index contributed by atoms with van der Waals surface area (Å²) in [5, 5.41) is 13.9.